The number of ether oxygens (including phenoxy) is 1. The third-order valence-electron chi connectivity index (χ3n) is 4.46. The average Bonchev–Trinajstić information content (AvgIpc) is 3.30. The summed E-state index contributed by atoms with van der Waals surface area (Å²) >= 11 is 1.65. The Hall–Kier alpha value is -2.80. The Balaban J connectivity index is 1.61. The van der Waals surface area contributed by atoms with E-state index in [-0.39, 0.29) is 0 Å². The zero-order valence-corrected chi connectivity index (χ0v) is 16.4. The number of benzene rings is 1. The van der Waals surface area contributed by atoms with Crippen molar-refractivity contribution < 1.29 is 4.74 Å². The second-order valence-electron chi connectivity index (χ2n) is 6.19. The quantitative estimate of drug-likeness (QED) is 0.470. The van der Waals surface area contributed by atoms with Crippen LogP contribution in [0.1, 0.15) is 18.2 Å². The van der Waals surface area contributed by atoms with Crippen molar-refractivity contribution in [3.63, 3.8) is 0 Å². The van der Waals surface area contributed by atoms with E-state index < -0.39 is 0 Å². The lowest BCUT2D eigenvalue weighted by molar-refractivity contribution is 0.416. The van der Waals surface area contributed by atoms with Gasteiger partial charge in [-0.1, -0.05) is 30.0 Å². The third-order valence-corrected chi connectivity index (χ3v) is 5.46. The first kappa shape index (κ1) is 17.6. The van der Waals surface area contributed by atoms with Crippen LogP contribution in [0.25, 0.3) is 17.0 Å². The molecule has 0 bridgehead atoms. The highest BCUT2D eigenvalue weighted by Crippen LogP contribution is 2.31. The molecule has 0 aliphatic rings. The van der Waals surface area contributed by atoms with E-state index in [0.717, 1.165) is 45.9 Å². The van der Waals surface area contributed by atoms with Gasteiger partial charge in [-0.25, -0.2) is 4.98 Å². The van der Waals surface area contributed by atoms with Gasteiger partial charge in [0.1, 0.15) is 11.4 Å². The Morgan fingerprint density at radius 2 is 1.96 bits per heavy atom. The highest BCUT2D eigenvalue weighted by atomic mass is 32.2. The van der Waals surface area contributed by atoms with Gasteiger partial charge in [-0.15, -0.1) is 10.2 Å². The molecule has 0 fully saturated rings. The van der Waals surface area contributed by atoms with Gasteiger partial charge in [-0.05, 0) is 37.6 Å². The van der Waals surface area contributed by atoms with E-state index in [1.165, 1.54) is 5.56 Å². The molecule has 4 rings (SSSR count). The molecule has 27 heavy (non-hydrogen) atoms. The largest absolute Gasteiger partial charge is 0.496 e. The van der Waals surface area contributed by atoms with Gasteiger partial charge in [0.05, 0.1) is 18.4 Å². The number of aromatic nitrogens is 5. The fraction of sp³-hybridized carbons (Fsp3) is 0.250. The summed E-state index contributed by atoms with van der Waals surface area (Å²) in [5.74, 6) is 2.36. The Morgan fingerprint density at radius 1 is 1.11 bits per heavy atom. The van der Waals surface area contributed by atoms with E-state index in [1.54, 1.807) is 18.9 Å². The standard InChI is InChI=1S/C20H21N5OS/c1-4-25-19(16-9-5-6-10-17(16)26-3)22-23-20(25)27-13-15-12-24-11-7-8-14(2)18(24)21-15/h5-12H,4,13H2,1-3H3. The summed E-state index contributed by atoms with van der Waals surface area (Å²) in [6.45, 7) is 4.96. The van der Waals surface area contributed by atoms with Gasteiger partial charge < -0.3 is 13.7 Å². The van der Waals surface area contributed by atoms with Crippen molar-refractivity contribution in [1.29, 1.82) is 0 Å². The van der Waals surface area contributed by atoms with Crippen molar-refractivity contribution in [3.05, 3.63) is 60.0 Å². The Bertz CT molecular complexity index is 1090. The maximum atomic E-state index is 5.48. The van der Waals surface area contributed by atoms with E-state index in [2.05, 4.69) is 45.3 Å². The maximum Gasteiger partial charge on any atom is 0.191 e. The molecular formula is C20H21N5OS. The summed E-state index contributed by atoms with van der Waals surface area (Å²) in [5, 5.41) is 9.71. The number of aryl methyl sites for hydroxylation is 1. The van der Waals surface area contributed by atoms with Crippen LogP contribution in [0.15, 0.2) is 53.9 Å². The monoisotopic (exact) mass is 379 g/mol. The Labute approximate surface area is 162 Å². The molecule has 0 aliphatic heterocycles. The van der Waals surface area contributed by atoms with Crippen molar-refractivity contribution in [3.8, 4) is 17.1 Å². The Kier molecular flexibility index (Phi) is 4.85. The summed E-state index contributed by atoms with van der Waals surface area (Å²) in [6.07, 6.45) is 4.10. The number of thioether (sulfide) groups is 1. The van der Waals surface area contributed by atoms with Crippen molar-refractivity contribution in [2.75, 3.05) is 7.11 Å². The molecule has 0 amide bonds. The molecule has 7 heteroatoms. The molecule has 0 radical (unpaired) electrons. The van der Waals surface area contributed by atoms with Gasteiger partial charge >= 0.3 is 0 Å². The molecule has 0 aliphatic carbocycles. The van der Waals surface area contributed by atoms with Crippen molar-refractivity contribution in [2.45, 2.75) is 31.3 Å². The van der Waals surface area contributed by atoms with E-state index in [9.17, 15) is 0 Å². The third kappa shape index (κ3) is 3.30. The summed E-state index contributed by atoms with van der Waals surface area (Å²) < 4.78 is 9.66. The topological polar surface area (TPSA) is 57.2 Å². The number of para-hydroxylation sites is 1. The molecule has 0 N–H and O–H groups in total. The first-order valence-electron chi connectivity index (χ1n) is 8.84. The number of methoxy groups -OCH3 is 1. The van der Waals surface area contributed by atoms with Gasteiger partial charge in [0.2, 0.25) is 0 Å². The highest BCUT2D eigenvalue weighted by Gasteiger charge is 2.17. The summed E-state index contributed by atoms with van der Waals surface area (Å²) in [5.41, 5.74) is 4.15. The number of nitrogens with zero attached hydrogens (tertiary/aromatic N) is 5. The first-order chi connectivity index (χ1) is 13.2. The van der Waals surface area contributed by atoms with Crippen molar-refractivity contribution in [1.82, 2.24) is 24.1 Å². The van der Waals surface area contributed by atoms with Gasteiger partial charge in [-0.2, -0.15) is 0 Å². The molecule has 0 unspecified atom stereocenters. The zero-order chi connectivity index (χ0) is 18.8. The second-order valence-corrected chi connectivity index (χ2v) is 7.14. The minimum absolute atomic E-state index is 0.741. The van der Waals surface area contributed by atoms with E-state index in [4.69, 9.17) is 9.72 Å². The molecule has 138 valence electrons. The van der Waals surface area contributed by atoms with Gasteiger partial charge in [0, 0.05) is 24.7 Å². The van der Waals surface area contributed by atoms with Crippen LogP contribution in [0, 0.1) is 6.92 Å². The smallest absolute Gasteiger partial charge is 0.191 e. The molecule has 3 aromatic heterocycles. The van der Waals surface area contributed by atoms with Crippen molar-refractivity contribution in [2.24, 2.45) is 0 Å². The van der Waals surface area contributed by atoms with E-state index in [0.29, 0.717) is 0 Å². The number of hydrogen-bond donors (Lipinski definition) is 0. The molecule has 3 heterocycles. The molecular weight excluding hydrogens is 358 g/mol. The lowest BCUT2D eigenvalue weighted by Crippen LogP contribution is -2.01. The van der Waals surface area contributed by atoms with Crippen LogP contribution in [0.5, 0.6) is 5.75 Å². The fourth-order valence-corrected chi connectivity index (χ4v) is 4.01. The van der Waals surface area contributed by atoms with Gasteiger partial charge in [0.15, 0.2) is 11.0 Å². The molecule has 0 saturated heterocycles. The van der Waals surface area contributed by atoms with Gasteiger partial charge in [-0.3, -0.25) is 0 Å². The zero-order valence-electron chi connectivity index (χ0n) is 15.6. The summed E-state index contributed by atoms with van der Waals surface area (Å²) in [6, 6.07) is 12.0. The number of rotatable bonds is 6. The molecule has 4 aromatic rings. The summed E-state index contributed by atoms with van der Waals surface area (Å²) in [4.78, 5) is 4.74. The average molecular weight is 379 g/mol. The van der Waals surface area contributed by atoms with E-state index >= 15 is 0 Å². The van der Waals surface area contributed by atoms with E-state index in [1.807, 2.05) is 36.5 Å². The van der Waals surface area contributed by atoms with Crippen LogP contribution in [0.2, 0.25) is 0 Å². The van der Waals surface area contributed by atoms with Crippen LogP contribution in [0.4, 0.5) is 0 Å². The number of hydrogen-bond acceptors (Lipinski definition) is 5. The molecule has 0 spiro atoms. The number of fused-ring (bicyclic) bond motifs is 1. The van der Waals surface area contributed by atoms with Crippen LogP contribution in [0.3, 0.4) is 0 Å². The van der Waals surface area contributed by atoms with Crippen LogP contribution >= 0.6 is 11.8 Å². The number of imidazole rings is 1. The maximum absolute atomic E-state index is 5.48. The predicted molar refractivity (Wildman–Crippen MR) is 107 cm³/mol. The van der Waals surface area contributed by atoms with Crippen LogP contribution < -0.4 is 4.74 Å². The lowest BCUT2D eigenvalue weighted by atomic mass is 10.2. The molecule has 6 nitrogen and oxygen atoms in total. The van der Waals surface area contributed by atoms with Crippen molar-refractivity contribution >= 4 is 17.4 Å². The van der Waals surface area contributed by atoms with Crippen LogP contribution in [-0.4, -0.2) is 31.3 Å². The predicted octanol–water partition coefficient (Wildman–Crippen LogP) is 4.22. The van der Waals surface area contributed by atoms with Crippen LogP contribution in [-0.2, 0) is 12.3 Å². The highest BCUT2D eigenvalue weighted by molar-refractivity contribution is 7.98. The molecule has 1 aromatic carbocycles. The lowest BCUT2D eigenvalue weighted by Gasteiger charge is -2.10. The SMILES string of the molecule is CCn1c(SCc2cn3cccc(C)c3n2)nnc1-c1ccccc1OC. The minimum Gasteiger partial charge on any atom is -0.496 e. The Morgan fingerprint density at radius 3 is 2.74 bits per heavy atom. The summed E-state index contributed by atoms with van der Waals surface area (Å²) in [7, 11) is 1.67. The minimum atomic E-state index is 0.741. The first-order valence-corrected chi connectivity index (χ1v) is 9.82. The molecule has 0 atom stereocenters. The fourth-order valence-electron chi connectivity index (χ4n) is 3.12. The number of pyridine rings is 1. The second kappa shape index (κ2) is 7.44. The molecule has 0 saturated carbocycles. The van der Waals surface area contributed by atoms with Gasteiger partial charge in [0.25, 0.3) is 0 Å². The normalized spacial score (nSPS) is 11.2.